The molecule has 0 atom stereocenters. The van der Waals surface area contributed by atoms with Crippen LogP contribution in [0.1, 0.15) is 11.1 Å². The van der Waals surface area contributed by atoms with Gasteiger partial charge in [-0.1, -0.05) is 0 Å². The number of carbonyl (C=O) groups is 1. The Morgan fingerprint density at radius 1 is 1.40 bits per heavy atom. The van der Waals surface area contributed by atoms with E-state index < -0.39 is 0 Å². The highest BCUT2D eigenvalue weighted by Crippen LogP contribution is 2.26. The van der Waals surface area contributed by atoms with E-state index >= 15 is 0 Å². The van der Waals surface area contributed by atoms with Crippen molar-refractivity contribution in [2.75, 3.05) is 19.0 Å². The van der Waals surface area contributed by atoms with Crippen LogP contribution in [-0.4, -0.2) is 19.6 Å². The first-order valence-corrected chi connectivity index (χ1v) is 4.72. The van der Waals surface area contributed by atoms with Gasteiger partial charge in [-0.05, 0) is 37.1 Å². The van der Waals surface area contributed by atoms with Crippen molar-refractivity contribution in [3.05, 3.63) is 23.3 Å². The second kappa shape index (κ2) is 4.68. The molecule has 0 aliphatic rings. The average Bonchev–Trinajstić information content (AvgIpc) is 2.14. The zero-order chi connectivity index (χ0) is 11.4. The number of hydrogen-bond acceptors (Lipinski definition) is 3. The number of rotatable bonds is 4. The first-order chi connectivity index (χ1) is 7.04. The topological polar surface area (TPSA) is 64.3 Å². The van der Waals surface area contributed by atoms with E-state index in [9.17, 15) is 4.79 Å². The Bertz CT molecular complexity index is 352. The molecule has 0 spiro atoms. The number of anilines is 1. The summed E-state index contributed by atoms with van der Waals surface area (Å²) in [4.78, 5) is 10.6. The number of amides is 1. The highest BCUT2D eigenvalue weighted by atomic mass is 16.5. The Hall–Kier alpha value is -1.71. The van der Waals surface area contributed by atoms with E-state index in [-0.39, 0.29) is 12.5 Å². The fraction of sp³-hybridized carbons (Fsp3) is 0.364. The van der Waals surface area contributed by atoms with Crippen LogP contribution in [0.4, 0.5) is 5.69 Å². The lowest BCUT2D eigenvalue weighted by Crippen LogP contribution is -2.21. The monoisotopic (exact) mass is 208 g/mol. The molecule has 0 aliphatic heterocycles. The van der Waals surface area contributed by atoms with Gasteiger partial charge in [0.1, 0.15) is 5.75 Å². The summed E-state index contributed by atoms with van der Waals surface area (Å²) in [5, 5.41) is 2.95. The van der Waals surface area contributed by atoms with Gasteiger partial charge in [0.05, 0.1) is 13.7 Å². The maximum absolute atomic E-state index is 10.6. The lowest BCUT2D eigenvalue weighted by molar-refractivity contribution is -0.116. The summed E-state index contributed by atoms with van der Waals surface area (Å²) in [6.45, 7) is 4.06. The van der Waals surface area contributed by atoms with E-state index in [2.05, 4.69) is 5.32 Å². The highest BCUT2D eigenvalue weighted by Gasteiger charge is 2.05. The second-order valence-electron chi connectivity index (χ2n) is 3.46. The number of ether oxygens (including phenoxy) is 1. The Kier molecular flexibility index (Phi) is 3.55. The van der Waals surface area contributed by atoms with Crippen molar-refractivity contribution >= 4 is 11.6 Å². The van der Waals surface area contributed by atoms with E-state index in [1.807, 2.05) is 26.0 Å². The predicted molar refractivity (Wildman–Crippen MR) is 60.2 cm³/mol. The molecule has 0 fully saturated rings. The summed E-state index contributed by atoms with van der Waals surface area (Å²) in [6, 6.07) is 3.85. The molecular weight excluding hydrogens is 192 g/mol. The van der Waals surface area contributed by atoms with Crippen LogP contribution in [-0.2, 0) is 4.79 Å². The number of hydrogen-bond donors (Lipinski definition) is 2. The van der Waals surface area contributed by atoms with Crippen molar-refractivity contribution in [1.82, 2.24) is 0 Å². The van der Waals surface area contributed by atoms with Crippen LogP contribution in [0, 0.1) is 13.8 Å². The van der Waals surface area contributed by atoms with E-state index in [0.29, 0.717) is 0 Å². The molecular formula is C11H16N2O2. The van der Waals surface area contributed by atoms with E-state index in [1.54, 1.807) is 7.11 Å². The van der Waals surface area contributed by atoms with Gasteiger partial charge >= 0.3 is 0 Å². The average molecular weight is 208 g/mol. The van der Waals surface area contributed by atoms with Gasteiger partial charge < -0.3 is 15.8 Å². The first kappa shape index (κ1) is 11.4. The summed E-state index contributed by atoms with van der Waals surface area (Å²) in [5.74, 6) is 0.501. The molecule has 82 valence electrons. The van der Waals surface area contributed by atoms with Crippen molar-refractivity contribution in [3.63, 3.8) is 0 Å². The zero-order valence-corrected chi connectivity index (χ0v) is 9.26. The van der Waals surface area contributed by atoms with Crippen LogP contribution in [0.25, 0.3) is 0 Å². The Morgan fingerprint density at radius 3 is 2.33 bits per heavy atom. The summed E-state index contributed by atoms with van der Waals surface area (Å²) < 4.78 is 5.24. The van der Waals surface area contributed by atoms with Gasteiger partial charge in [0.2, 0.25) is 5.91 Å². The Labute approximate surface area is 89.4 Å². The summed E-state index contributed by atoms with van der Waals surface area (Å²) >= 11 is 0. The summed E-state index contributed by atoms with van der Waals surface area (Å²) in [7, 11) is 1.64. The molecule has 3 N–H and O–H groups in total. The van der Waals surface area contributed by atoms with Gasteiger partial charge in [0, 0.05) is 5.69 Å². The Morgan fingerprint density at radius 2 is 1.93 bits per heavy atom. The van der Waals surface area contributed by atoms with Crippen molar-refractivity contribution in [2.45, 2.75) is 13.8 Å². The van der Waals surface area contributed by atoms with Crippen LogP contribution in [0.2, 0.25) is 0 Å². The van der Waals surface area contributed by atoms with Gasteiger partial charge in [-0.15, -0.1) is 0 Å². The van der Waals surface area contributed by atoms with E-state index in [1.165, 1.54) is 0 Å². The molecule has 0 radical (unpaired) electrons. The molecule has 0 aromatic heterocycles. The normalized spacial score (nSPS) is 9.80. The van der Waals surface area contributed by atoms with Crippen molar-refractivity contribution in [1.29, 1.82) is 0 Å². The first-order valence-electron chi connectivity index (χ1n) is 4.72. The molecule has 1 aromatic rings. The number of nitrogens with two attached hydrogens (primary N) is 1. The minimum absolute atomic E-state index is 0.144. The third-order valence-corrected chi connectivity index (χ3v) is 2.13. The minimum atomic E-state index is -0.374. The lowest BCUT2D eigenvalue weighted by atomic mass is 10.1. The summed E-state index contributed by atoms with van der Waals surface area (Å²) in [5.41, 5.74) is 7.99. The number of aryl methyl sites for hydroxylation is 2. The van der Waals surface area contributed by atoms with Gasteiger partial charge in [-0.3, -0.25) is 4.79 Å². The molecule has 1 aromatic carbocycles. The van der Waals surface area contributed by atoms with E-state index in [0.717, 1.165) is 22.6 Å². The lowest BCUT2D eigenvalue weighted by Gasteiger charge is -2.11. The van der Waals surface area contributed by atoms with Crippen LogP contribution in [0.3, 0.4) is 0 Å². The van der Waals surface area contributed by atoms with Gasteiger partial charge in [0.15, 0.2) is 0 Å². The summed E-state index contributed by atoms with van der Waals surface area (Å²) in [6.07, 6.45) is 0. The fourth-order valence-electron chi connectivity index (χ4n) is 1.56. The third-order valence-electron chi connectivity index (χ3n) is 2.13. The number of nitrogens with one attached hydrogen (secondary N) is 1. The minimum Gasteiger partial charge on any atom is -0.496 e. The smallest absolute Gasteiger partial charge is 0.236 e. The Balaban J connectivity index is 2.88. The second-order valence-corrected chi connectivity index (χ2v) is 3.46. The van der Waals surface area contributed by atoms with Crippen molar-refractivity contribution in [2.24, 2.45) is 5.73 Å². The van der Waals surface area contributed by atoms with Crippen LogP contribution in [0.15, 0.2) is 12.1 Å². The number of primary amides is 1. The van der Waals surface area contributed by atoms with Crippen molar-refractivity contribution in [3.8, 4) is 5.75 Å². The molecule has 0 bridgehead atoms. The molecule has 0 heterocycles. The molecule has 1 rings (SSSR count). The standard InChI is InChI=1S/C11H16N2O2/c1-7-4-9(13-6-10(12)14)5-8(2)11(7)15-3/h4-5,13H,6H2,1-3H3,(H2,12,14). The quantitative estimate of drug-likeness (QED) is 0.781. The van der Waals surface area contributed by atoms with Crippen molar-refractivity contribution < 1.29 is 9.53 Å². The largest absolute Gasteiger partial charge is 0.496 e. The molecule has 1 amide bonds. The molecule has 4 heteroatoms. The number of carbonyl (C=O) groups excluding carboxylic acids is 1. The SMILES string of the molecule is COc1c(C)cc(NCC(N)=O)cc1C. The maximum atomic E-state index is 10.6. The fourth-order valence-corrected chi connectivity index (χ4v) is 1.56. The predicted octanol–water partition coefficient (Wildman–Crippen LogP) is 1.21. The molecule has 0 unspecified atom stereocenters. The van der Waals surface area contributed by atoms with Gasteiger partial charge in [-0.2, -0.15) is 0 Å². The highest BCUT2D eigenvalue weighted by molar-refractivity contribution is 5.79. The molecule has 4 nitrogen and oxygen atoms in total. The number of benzene rings is 1. The van der Waals surface area contributed by atoms with Gasteiger partial charge in [0.25, 0.3) is 0 Å². The van der Waals surface area contributed by atoms with Crippen LogP contribution >= 0.6 is 0 Å². The third kappa shape index (κ3) is 2.87. The van der Waals surface area contributed by atoms with Crippen LogP contribution < -0.4 is 15.8 Å². The molecule has 0 saturated carbocycles. The van der Waals surface area contributed by atoms with E-state index in [4.69, 9.17) is 10.5 Å². The molecule has 15 heavy (non-hydrogen) atoms. The molecule has 0 saturated heterocycles. The number of methoxy groups -OCH3 is 1. The maximum Gasteiger partial charge on any atom is 0.236 e. The zero-order valence-electron chi connectivity index (χ0n) is 9.26. The van der Waals surface area contributed by atoms with Gasteiger partial charge in [-0.25, -0.2) is 0 Å². The molecule has 0 aliphatic carbocycles. The van der Waals surface area contributed by atoms with Crippen LogP contribution in [0.5, 0.6) is 5.75 Å².